The normalized spacial score (nSPS) is 25.9. The standard InChI is InChI=1S/C21H29FN4O4/c1-13(27)17(23)19(29)25-10-2-4-16(25)18(28)26-11-3-9-21(26,20(24)30)12-14-5-7-15(22)8-6-14/h5-8,13,16-17,27H,2-4,9-12,23H2,1H3,(H2,24,30)/t13-,16+,17+,21-/m1/s1. The fraction of sp³-hybridized carbons (Fsp3) is 0.571. The molecule has 3 amide bonds. The minimum absolute atomic E-state index is 0.183. The summed E-state index contributed by atoms with van der Waals surface area (Å²) in [5, 5.41) is 9.67. The lowest BCUT2D eigenvalue weighted by atomic mass is 9.86. The van der Waals surface area contributed by atoms with Crippen LogP contribution in [0.4, 0.5) is 4.39 Å². The molecule has 5 N–H and O–H groups in total. The number of carbonyl (C=O) groups excluding carboxylic acids is 3. The second kappa shape index (κ2) is 8.69. The highest BCUT2D eigenvalue weighted by atomic mass is 19.1. The first-order valence-corrected chi connectivity index (χ1v) is 10.3. The first-order chi connectivity index (χ1) is 14.2. The van der Waals surface area contributed by atoms with E-state index in [1.807, 2.05) is 0 Å². The van der Waals surface area contributed by atoms with E-state index in [4.69, 9.17) is 11.5 Å². The molecule has 1 aromatic carbocycles. The van der Waals surface area contributed by atoms with Gasteiger partial charge in [0.1, 0.15) is 23.4 Å². The Morgan fingerprint density at radius 2 is 1.90 bits per heavy atom. The van der Waals surface area contributed by atoms with Gasteiger partial charge in [0.25, 0.3) is 0 Å². The Morgan fingerprint density at radius 1 is 1.23 bits per heavy atom. The van der Waals surface area contributed by atoms with Gasteiger partial charge >= 0.3 is 0 Å². The van der Waals surface area contributed by atoms with Gasteiger partial charge in [-0.05, 0) is 50.3 Å². The zero-order valence-corrected chi connectivity index (χ0v) is 17.1. The predicted molar refractivity (Wildman–Crippen MR) is 107 cm³/mol. The van der Waals surface area contributed by atoms with Gasteiger partial charge < -0.3 is 26.4 Å². The number of carbonyl (C=O) groups is 3. The lowest BCUT2D eigenvalue weighted by Crippen LogP contribution is -2.62. The highest BCUT2D eigenvalue weighted by molar-refractivity contribution is 5.95. The molecule has 0 radical (unpaired) electrons. The summed E-state index contributed by atoms with van der Waals surface area (Å²) in [4.78, 5) is 41.6. The zero-order valence-electron chi connectivity index (χ0n) is 17.1. The van der Waals surface area contributed by atoms with Gasteiger partial charge in [-0.2, -0.15) is 0 Å². The number of primary amides is 1. The number of hydrogen-bond acceptors (Lipinski definition) is 5. The van der Waals surface area contributed by atoms with Crippen molar-refractivity contribution in [3.63, 3.8) is 0 Å². The Hall–Kier alpha value is -2.52. The van der Waals surface area contributed by atoms with Crippen LogP contribution in [0.15, 0.2) is 24.3 Å². The van der Waals surface area contributed by atoms with E-state index < -0.39 is 35.5 Å². The maximum atomic E-state index is 13.5. The van der Waals surface area contributed by atoms with E-state index in [0.717, 1.165) is 0 Å². The summed E-state index contributed by atoms with van der Waals surface area (Å²) < 4.78 is 13.3. The number of benzene rings is 1. The number of nitrogens with zero attached hydrogens (tertiary/aromatic N) is 2. The van der Waals surface area contributed by atoms with E-state index in [-0.39, 0.29) is 18.1 Å². The topological polar surface area (TPSA) is 130 Å². The van der Waals surface area contributed by atoms with Crippen LogP contribution in [0.3, 0.4) is 0 Å². The van der Waals surface area contributed by atoms with Gasteiger partial charge in [-0.15, -0.1) is 0 Å². The number of aliphatic hydroxyl groups is 1. The Kier molecular flexibility index (Phi) is 6.42. The fourth-order valence-electron chi connectivity index (χ4n) is 4.53. The summed E-state index contributed by atoms with van der Waals surface area (Å²) >= 11 is 0. The Balaban J connectivity index is 1.86. The monoisotopic (exact) mass is 420 g/mol. The van der Waals surface area contributed by atoms with Crippen molar-refractivity contribution in [1.82, 2.24) is 9.80 Å². The van der Waals surface area contributed by atoms with Crippen LogP contribution in [-0.4, -0.2) is 69.4 Å². The SMILES string of the molecule is C[C@@H](O)[C@H](N)C(=O)N1CCC[C@H]1C(=O)N1CCC[C@@]1(Cc1ccc(F)cc1)C(N)=O. The minimum atomic E-state index is -1.22. The molecule has 2 fully saturated rings. The molecule has 9 heteroatoms. The molecule has 30 heavy (non-hydrogen) atoms. The van der Waals surface area contributed by atoms with Crippen LogP contribution < -0.4 is 11.5 Å². The molecule has 2 heterocycles. The number of nitrogens with two attached hydrogens (primary N) is 2. The molecule has 0 saturated carbocycles. The Bertz CT molecular complexity index is 816. The number of likely N-dealkylation sites (tertiary alicyclic amines) is 2. The fourth-order valence-corrected chi connectivity index (χ4v) is 4.53. The number of aliphatic hydroxyl groups excluding tert-OH is 1. The number of rotatable bonds is 6. The van der Waals surface area contributed by atoms with E-state index in [1.165, 1.54) is 28.9 Å². The predicted octanol–water partition coefficient (Wildman–Crippen LogP) is -0.0862. The maximum absolute atomic E-state index is 13.5. The largest absolute Gasteiger partial charge is 0.391 e. The summed E-state index contributed by atoms with van der Waals surface area (Å²) in [5.74, 6) is -1.82. The minimum Gasteiger partial charge on any atom is -0.391 e. The highest BCUT2D eigenvalue weighted by Gasteiger charge is 2.51. The van der Waals surface area contributed by atoms with Crippen molar-refractivity contribution in [2.24, 2.45) is 11.5 Å². The molecule has 2 saturated heterocycles. The van der Waals surface area contributed by atoms with Gasteiger partial charge in [0, 0.05) is 19.5 Å². The molecule has 0 aliphatic carbocycles. The third-order valence-electron chi connectivity index (χ3n) is 6.25. The van der Waals surface area contributed by atoms with E-state index >= 15 is 0 Å². The molecule has 0 bridgehead atoms. The molecular formula is C21H29FN4O4. The van der Waals surface area contributed by atoms with Crippen molar-refractivity contribution >= 4 is 17.7 Å². The lowest BCUT2D eigenvalue weighted by Gasteiger charge is -2.39. The molecule has 0 spiro atoms. The summed E-state index contributed by atoms with van der Waals surface area (Å²) in [5.41, 5.74) is 11.1. The van der Waals surface area contributed by atoms with Crippen molar-refractivity contribution in [2.45, 2.75) is 62.8 Å². The van der Waals surface area contributed by atoms with Crippen molar-refractivity contribution in [3.05, 3.63) is 35.6 Å². The average molecular weight is 420 g/mol. The smallest absolute Gasteiger partial charge is 0.246 e. The molecule has 2 aliphatic rings. The Morgan fingerprint density at radius 3 is 2.50 bits per heavy atom. The van der Waals surface area contributed by atoms with Gasteiger partial charge in [-0.25, -0.2) is 4.39 Å². The van der Waals surface area contributed by atoms with Crippen LogP contribution in [0.5, 0.6) is 0 Å². The van der Waals surface area contributed by atoms with Gasteiger partial charge in [-0.1, -0.05) is 12.1 Å². The van der Waals surface area contributed by atoms with Gasteiger partial charge in [0.15, 0.2) is 0 Å². The lowest BCUT2D eigenvalue weighted by molar-refractivity contribution is -0.151. The second-order valence-electron chi connectivity index (χ2n) is 8.25. The third kappa shape index (κ3) is 4.04. The molecule has 4 atom stereocenters. The molecule has 0 aromatic heterocycles. The average Bonchev–Trinajstić information content (AvgIpc) is 3.36. The molecule has 0 unspecified atom stereocenters. The van der Waals surface area contributed by atoms with Crippen LogP contribution in [0.1, 0.15) is 38.2 Å². The van der Waals surface area contributed by atoms with E-state index in [0.29, 0.717) is 44.3 Å². The number of halogens is 1. The van der Waals surface area contributed by atoms with Crippen LogP contribution in [0, 0.1) is 5.82 Å². The quantitative estimate of drug-likeness (QED) is 0.592. The number of hydrogen-bond donors (Lipinski definition) is 3. The van der Waals surface area contributed by atoms with E-state index in [9.17, 15) is 23.9 Å². The van der Waals surface area contributed by atoms with Crippen molar-refractivity contribution in [1.29, 1.82) is 0 Å². The van der Waals surface area contributed by atoms with Crippen LogP contribution in [-0.2, 0) is 20.8 Å². The van der Waals surface area contributed by atoms with Crippen LogP contribution >= 0.6 is 0 Å². The second-order valence-corrected chi connectivity index (χ2v) is 8.25. The van der Waals surface area contributed by atoms with Gasteiger partial charge in [0.2, 0.25) is 17.7 Å². The van der Waals surface area contributed by atoms with Gasteiger partial charge in [-0.3, -0.25) is 14.4 Å². The van der Waals surface area contributed by atoms with Crippen LogP contribution in [0.2, 0.25) is 0 Å². The summed E-state index contributed by atoms with van der Waals surface area (Å²) in [6, 6.07) is 3.91. The Labute approximate surface area is 175 Å². The van der Waals surface area contributed by atoms with Gasteiger partial charge in [0.05, 0.1) is 6.10 Å². The summed E-state index contributed by atoms with van der Waals surface area (Å²) in [6.07, 6.45) is 1.23. The maximum Gasteiger partial charge on any atom is 0.246 e. The summed E-state index contributed by atoms with van der Waals surface area (Å²) in [7, 11) is 0. The van der Waals surface area contributed by atoms with Crippen molar-refractivity contribution in [3.8, 4) is 0 Å². The third-order valence-corrected chi connectivity index (χ3v) is 6.25. The van der Waals surface area contributed by atoms with E-state index in [2.05, 4.69) is 0 Å². The van der Waals surface area contributed by atoms with Crippen LogP contribution in [0.25, 0.3) is 0 Å². The van der Waals surface area contributed by atoms with E-state index in [1.54, 1.807) is 12.1 Å². The summed E-state index contributed by atoms with van der Waals surface area (Å²) in [6.45, 7) is 2.14. The molecule has 2 aliphatic heterocycles. The first kappa shape index (κ1) is 22.2. The molecule has 3 rings (SSSR count). The molecular weight excluding hydrogens is 391 g/mol. The first-order valence-electron chi connectivity index (χ1n) is 10.3. The van der Waals surface area contributed by atoms with Crippen molar-refractivity contribution < 1.29 is 23.9 Å². The van der Waals surface area contributed by atoms with Crippen molar-refractivity contribution in [2.75, 3.05) is 13.1 Å². The molecule has 164 valence electrons. The molecule has 8 nitrogen and oxygen atoms in total. The molecule has 1 aromatic rings. The zero-order chi connectivity index (χ0) is 22.1. The highest BCUT2D eigenvalue weighted by Crippen LogP contribution is 2.35. The number of amides is 3.